The van der Waals surface area contributed by atoms with E-state index in [1.54, 1.807) is 0 Å². The molecule has 0 unspecified atom stereocenters. The molecule has 0 spiro atoms. The van der Waals surface area contributed by atoms with Crippen molar-refractivity contribution in [1.29, 1.82) is 0 Å². The molecule has 1 nitrogen and oxygen atoms in total. The van der Waals surface area contributed by atoms with Gasteiger partial charge in [0.1, 0.15) is 0 Å². The SMILES string of the molecule is Cc1c(C)c(C)c2c(C=O)c(C)c(C)c(C)c2c1C. The fourth-order valence-electron chi connectivity index (χ4n) is 3.12. The fourth-order valence-corrected chi connectivity index (χ4v) is 3.12. The number of rotatable bonds is 1. The van der Waals surface area contributed by atoms with Crippen molar-refractivity contribution in [2.45, 2.75) is 48.5 Å². The summed E-state index contributed by atoms with van der Waals surface area (Å²) in [7, 11) is 0. The predicted molar refractivity (Wildman–Crippen MR) is 82.5 cm³/mol. The Morgan fingerprint density at radius 3 is 1.32 bits per heavy atom. The molecule has 0 aliphatic rings. The van der Waals surface area contributed by atoms with Gasteiger partial charge in [-0.2, -0.15) is 0 Å². The minimum atomic E-state index is 0.863. The van der Waals surface area contributed by atoms with Crippen LogP contribution in [0.25, 0.3) is 10.8 Å². The first-order valence-corrected chi connectivity index (χ1v) is 6.77. The molecule has 1 heteroatoms. The number of carbonyl (C=O) groups is 1. The molecule has 0 heterocycles. The normalized spacial score (nSPS) is 11.1. The highest BCUT2D eigenvalue weighted by Crippen LogP contribution is 2.36. The Hall–Kier alpha value is -1.63. The van der Waals surface area contributed by atoms with E-state index >= 15 is 0 Å². The van der Waals surface area contributed by atoms with E-state index in [0.29, 0.717) is 0 Å². The van der Waals surface area contributed by atoms with Crippen LogP contribution in [-0.2, 0) is 0 Å². The summed E-state index contributed by atoms with van der Waals surface area (Å²) in [4.78, 5) is 11.6. The quantitative estimate of drug-likeness (QED) is 0.667. The summed E-state index contributed by atoms with van der Waals surface area (Å²) in [5, 5.41) is 2.42. The van der Waals surface area contributed by atoms with Crippen LogP contribution in [0.2, 0.25) is 0 Å². The Morgan fingerprint density at radius 2 is 0.895 bits per heavy atom. The lowest BCUT2D eigenvalue weighted by Gasteiger charge is -2.20. The Labute approximate surface area is 115 Å². The van der Waals surface area contributed by atoms with E-state index in [1.807, 2.05) is 0 Å². The molecule has 0 saturated heterocycles. The summed E-state index contributed by atoms with van der Waals surface area (Å²) in [5.41, 5.74) is 9.71. The third-order valence-corrected chi connectivity index (χ3v) is 4.98. The van der Waals surface area contributed by atoms with Crippen molar-refractivity contribution >= 4 is 17.1 Å². The number of hydrogen-bond acceptors (Lipinski definition) is 1. The van der Waals surface area contributed by atoms with Gasteiger partial charge in [-0.15, -0.1) is 0 Å². The first-order chi connectivity index (χ1) is 8.82. The first kappa shape index (κ1) is 13.8. The van der Waals surface area contributed by atoms with Crippen molar-refractivity contribution in [3.63, 3.8) is 0 Å². The lowest BCUT2D eigenvalue weighted by atomic mass is 9.83. The molecular formula is C18H22O. The van der Waals surface area contributed by atoms with E-state index in [-0.39, 0.29) is 0 Å². The molecule has 0 fully saturated rings. The van der Waals surface area contributed by atoms with Gasteiger partial charge in [0.15, 0.2) is 6.29 Å². The van der Waals surface area contributed by atoms with Crippen molar-refractivity contribution in [3.8, 4) is 0 Å². The Kier molecular flexibility index (Phi) is 3.25. The summed E-state index contributed by atoms with van der Waals surface area (Å²) < 4.78 is 0. The van der Waals surface area contributed by atoms with Crippen LogP contribution >= 0.6 is 0 Å². The van der Waals surface area contributed by atoms with Gasteiger partial charge >= 0.3 is 0 Å². The molecule has 0 aliphatic heterocycles. The standard InChI is InChI=1S/C18H22O/c1-9-10(2)15(7)18-16(8-19)12(4)11(3)14(6)17(18)13(9)5/h8H,1-7H3. The Bertz CT molecular complexity index is 698. The van der Waals surface area contributed by atoms with Gasteiger partial charge in [0, 0.05) is 5.56 Å². The molecule has 2 rings (SSSR count). The monoisotopic (exact) mass is 254 g/mol. The average Bonchev–Trinajstić information content (AvgIpc) is 2.40. The van der Waals surface area contributed by atoms with Gasteiger partial charge in [-0.1, -0.05) is 0 Å². The lowest BCUT2D eigenvalue weighted by Crippen LogP contribution is -2.03. The van der Waals surface area contributed by atoms with E-state index in [4.69, 9.17) is 0 Å². The molecule has 0 bridgehead atoms. The summed E-state index contributed by atoms with van der Waals surface area (Å²) >= 11 is 0. The van der Waals surface area contributed by atoms with Crippen LogP contribution in [0.4, 0.5) is 0 Å². The Morgan fingerprint density at radius 1 is 0.526 bits per heavy atom. The minimum absolute atomic E-state index is 0.863. The van der Waals surface area contributed by atoms with Crippen molar-refractivity contribution in [2.75, 3.05) is 0 Å². The van der Waals surface area contributed by atoms with Gasteiger partial charge in [0.2, 0.25) is 0 Å². The maximum Gasteiger partial charge on any atom is 0.150 e. The topological polar surface area (TPSA) is 17.1 Å². The highest BCUT2D eigenvalue weighted by molar-refractivity contribution is 6.05. The van der Waals surface area contributed by atoms with Crippen LogP contribution in [-0.4, -0.2) is 6.29 Å². The zero-order valence-corrected chi connectivity index (χ0v) is 13.0. The molecule has 0 saturated carbocycles. The van der Waals surface area contributed by atoms with Crippen molar-refractivity contribution in [3.05, 3.63) is 44.5 Å². The highest BCUT2D eigenvalue weighted by Gasteiger charge is 2.17. The van der Waals surface area contributed by atoms with Crippen LogP contribution in [0, 0.1) is 48.5 Å². The van der Waals surface area contributed by atoms with E-state index in [0.717, 1.165) is 22.8 Å². The van der Waals surface area contributed by atoms with Gasteiger partial charge in [0.25, 0.3) is 0 Å². The molecule has 2 aromatic carbocycles. The summed E-state index contributed by atoms with van der Waals surface area (Å²) in [6.07, 6.45) is 1.02. The number of fused-ring (bicyclic) bond motifs is 1. The molecule has 0 aromatic heterocycles. The van der Waals surface area contributed by atoms with Gasteiger partial charge in [-0.25, -0.2) is 0 Å². The molecule has 100 valence electrons. The van der Waals surface area contributed by atoms with Gasteiger partial charge in [-0.3, -0.25) is 4.79 Å². The third-order valence-electron chi connectivity index (χ3n) is 4.98. The van der Waals surface area contributed by atoms with E-state index in [1.165, 1.54) is 38.8 Å². The fraction of sp³-hybridized carbons (Fsp3) is 0.389. The molecule has 0 aliphatic carbocycles. The van der Waals surface area contributed by atoms with Crippen LogP contribution in [0.15, 0.2) is 0 Å². The van der Waals surface area contributed by atoms with Crippen LogP contribution in [0.1, 0.15) is 49.3 Å². The first-order valence-electron chi connectivity index (χ1n) is 6.77. The van der Waals surface area contributed by atoms with Crippen LogP contribution in [0.5, 0.6) is 0 Å². The van der Waals surface area contributed by atoms with Gasteiger partial charge in [-0.05, 0) is 98.2 Å². The Balaban J connectivity index is 3.25. The summed E-state index contributed by atoms with van der Waals surface area (Å²) in [5.74, 6) is 0. The van der Waals surface area contributed by atoms with Crippen molar-refractivity contribution in [2.24, 2.45) is 0 Å². The predicted octanol–water partition coefficient (Wildman–Crippen LogP) is 4.81. The number of aryl methyl sites for hydroxylation is 3. The second-order valence-electron chi connectivity index (χ2n) is 5.66. The van der Waals surface area contributed by atoms with Crippen molar-refractivity contribution < 1.29 is 4.79 Å². The second kappa shape index (κ2) is 4.48. The third kappa shape index (κ3) is 1.72. The molecule has 0 N–H and O–H groups in total. The summed E-state index contributed by atoms with van der Waals surface area (Å²) in [6.45, 7) is 14.9. The van der Waals surface area contributed by atoms with Crippen molar-refractivity contribution in [1.82, 2.24) is 0 Å². The molecule has 2 aromatic rings. The number of hydrogen-bond donors (Lipinski definition) is 0. The van der Waals surface area contributed by atoms with Crippen LogP contribution in [0.3, 0.4) is 0 Å². The second-order valence-corrected chi connectivity index (χ2v) is 5.66. The van der Waals surface area contributed by atoms with Crippen LogP contribution < -0.4 is 0 Å². The van der Waals surface area contributed by atoms with Gasteiger partial charge < -0.3 is 0 Å². The lowest BCUT2D eigenvalue weighted by molar-refractivity contribution is 0.112. The zero-order chi connectivity index (χ0) is 14.5. The maximum absolute atomic E-state index is 11.6. The average molecular weight is 254 g/mol. The van der Waals surface area contributed by atoms with Gasteiger partial charge in [0.05, 0.1) is 0 Å². The largest absolute Gasteiger partial charge is 0.298 e. The number of carbonyl (C=O) groups excluding carboxylic acids is 1. The molecule has 0 amide bonds. The van der Waals surface area contributed by atoms with E-state index in [9.17, 15) is 4.79 Å². The molecule has 19 heavy (non-hydrogen) atoms. The molecule has 0 atom stereocenters. The minimum Gasteiger partial charge on any atom is -0.298 e. The molecular weight excluding hydrogens is 232 g/mol. The molecule has 0 radical (unpaired) electrons. The highest BCUT2D eigenvalue weighted by atomic mass is 16.1. The number of benzene rings is 2. The van der Waals surface area contributed by atoms with E-state index in [2.05, 4.69) is 48.5 Å². The summed E-state index contributed by atoms with van der Waals surface area (Å²) in [6, 6.07) is 0. The zero-order valence-electron chi connectivity index (χ0n) is 13.0. The smallest absolute Gasteiger partial charge is 0.150 e. The van der Waals surface area contributed by atoms with E-state index < -0.39 is 0 Å². The maximum atomic E-state index is 11.6. The number of aldehydes is 1.